The van der Waals surface area contributed by atoms with Crippen LogP contribution < -0.4 is 10.1 Å². The van der Waals surface area contributed by atoms with Gasteiger partial charge in [0, 0.05) is 35.6 Å². The average molecular weight is 707 g/mol. The molecule has 5 aromatic rings. The summed E-state index contributed by atoms with van der Waals surface area (Å²) in [6.45, 7) is 17.2. The maximum absolute atomic E-state index is 13.0. The number of ether oxygens (including phenoxy) is 2. The quantitative estimate of drug-likeness (QED) is 0.0787. The zero-order valence-electron chi connectivity index (χ0n) is 31.2. The number of carbonyl (C=O) groups is 1. The lowest BCUT2D eigenvalue weighted by atomic mass is 10.0. The standard InChI is InChI=1S/C43H54N2O5Si/c1-8-48-42(47)39-26-36-24-34(19-21-38(36)45(39)28-32-15-11-9-12-16-32)23-31(2)44-27-41(50-51(6,7)43(3,4)5)35-20-22-40(37(25-35)29-46)49-30-33-17-13-10-14-18-33/h9-22,24-26,31,41,44,46H,8,23,27-30H2,1-7H3/t31-,41+/m1/s1. The number of aromatic nitrogens is 1. The van der Waals surface area contributed by atoms with Gasteiger partial charge < -0.3 is 28.9 Å². The molecule has 0 unspecified atom stereocenters. The number of aliphatic hydroxyl groups excluding tert-OH is 1. The molecule has 0 spiro atoms. The molecule has 0 fully saturated rings. The second-order valence-corrected chi connectivity index (χ2v) is 19.7. The van der Waals surface area contributed by atoms with Gasteiger partial charge in [-0.3, -0.25) is 0 Å². The third kappa shape index (κ3) is 9.77. The fraction of sp³-hybridized carbons (Fsp3) is 0.372. The van der Waals surface area contributed by atoms with Crippen molar-refractivity contribution >= 4 is 25.2 Å². The Morgan fingerprint density at radius 1 is 0.882 bits per heavy atom. The van der Waals surface area contributed by atoms with E-state index in [0.29, 0.717) is 37.7 Å². The Morgan fingerprint density at radius 3 is 2.22 bits per heavy atom. The molecule has 2 atom stereocenters. The van der Waals surface area contributed by atoms with E-state index < -0.39 is 8.32 Å². The first-order valence-electron chi connectivity index (χ1n) is 18.0. The van der Waals surface area contributed by atoms with Crippen molar-refractivity contribution in [3.05, 3.63) is 137 Å². The molecule has 5 rings (SSSR count). The van der Waals surface area contributed by atoms with Crippen LogP contribution in [0.3, 0.4) is 0 Å². The Morgan fingerprint density at radius 2 is 1.57 bits per heavy atom. The Hall–Kier alpha value is -4.21. The van der Waals surface area contributed by atoms with Gasteiger partial charge >= 0.3 is 5.97 Å². The van der Waals surface area contributed by atoms with E-state index in [1.807, 2.05) is 73.7 Å². The molecule has 1 aromatic heterocycles. The summed E-state index contributed by atoms with van der Waals surface area (Å²) in [6, 6.07) is 34.8. The molecule has 270 valence electrons. The van der Waals surface area contributed by atoms with Crippen molar-refractivity contribution in [2.75, 3.05) is 13.2 Å². The minimum absolute atomic E-state index is 0.0319. The summed E-state index contributed by atoms with van der Waals surface area (Å²) in [5.74, 6) is 0.366. The van der Waals surface area contributed by atoms with Gasteiger partial charge in [0.2, 0.25) is 0 Å². The van der Waals surface area contributed by atoms with Gasteiger partial charge in [-0.05, 0) is 91.0 Å². The van der Waals surface area contributed by atoms with Crippen LogP contribution in [0.15, 0.2) is 103 Å². The molecule has 0 saturated heterocycles. The number of aliphatic hydroxyl groups is 1. The molecule has 2 N–H and O–H groups in total. The number of rotatable bonds is 16. The van der Waals surface area contributed by atoms with E-state index in [0.717, 1.165) is 39.6 Å². The van der Waals surface area contributed by atoms with Crippen molar-refractivity contribution in [1.29, 1.82) is 0 Å². The van der Waals surface area contributed by atoms with Gasteiger partial charge in [0.05, 0.1) is 19.3 Å². The number of nitrogens with one attached hydrogen (secondary N) is 1. The van der Waals surface area contributed by atoms with Gasteiger partial charge in [0.25, 0.3) is 0 Å². The number of esters is 1. The van der Waals surface area contributed by atoms with Crippen LogP contribution in [0.2, 0.25) is 18.1 Å². The van der Waals surface area contributed by atoms with Crippen LogP contribution in [0.1, 0.15) is 79.0 Å². The molecule has 0 aliphatic carbocycles. The highest BCUT2D eigenvalue weighted by Gasteiger charge is 2.39. The number of hydrogen-bond donors (Lipinski definition) is 2. The van der Waals surface area contributed by atoms with Crippen LogP contribution in [0.5, 0.6) is 5.75 Å². The van der Waals surface area contributed by atoms with E-state index in [2.05, 4.69) is 87.1 Å². The Bertz CT molecular complexity index is 1880. The zero-order valence-corrected chi connectivity index (χ0v) is 32.2. The molecule has 0 amide bonds. The van der Waals surface area contributed by atoms with Crippen LogP contribution in [-0.2, 0) is 35.3 Å². The van der Waals surface area contributed by atoms with E-state index >= 15 is 0 Å². The molecule has 8 heteroatoms. The predicted molar refractivity (Wildman–Crippen MR) is 209 cm³/mol. The van der Waals surface area contributed by atoms with Crippen LogP contribution in [-0.4, -0.2) is 43.2 Å². The lowest BCUT2D eigenvalue weighted by molar-refractivity contribution is 0.0515. The normalized spacial score (nSPS) is 13.3. The summed E-state index contributed by atoms with van der Waals surface area (Å²) in [4.78, 5) is 13.0. The number of nitrogens with zero attached hydrogens (tertiary/aromatic N) is 1. The largest absolute Gasteiger partial charge is 0.489 e. The fourth-order valence-electron chi connectivity index (χ4n) is 6.05. The summed E-state index contributed by atoms with van der Waals surface area (Å²) < 4.78 is 20.6. The second-order valence-electron chi connectivity index (χ2n) is 14.9. The molecule has 0 aliphatic heterocycles. The topological polar surface area (TPSA) is 82.0 Å². The van der Waals surface area contributed by atoms with Crippen molar-refractivity contribution < 1.29 is 23.8 Å². The third-order valence-corrected chi connectivity index (χ3v) is 14.4. The molecule has 51 heavy (non-hydrogen) atoms. The second kappa shape index (κ2) is 16.9. The van der Waals surface area contributed by atoms with Crippen LogP contribution in [0, 0.1) is 0 Å². The molecular formula is C43H54N2O5Si. The van der Waals surface area contributed by atoms with Gasteiger partial charge in [0.15, 0.2) is 8.32 Å². The van der Waals surface area contributed by atoms with Crippen molar-refractivity contribution in [3.63, 3.8) is 0 Å². The SMILES string of the molecule is CCOC(=O)c1cc2cc(C[C@@H](C)NC[C@H](O[Si](C)(C)C(C)(C)C)c3ccc(OCc4ccccc4)c(CO)c3)ccc2n1Cc1ccccc1. The van der Waals surface area contributed by atoms with Gasteiger partial charge in [-0.25, -0.2) is 4.79 Å². The minimum atomic E-state index is -2.15. The highest BCUT2D eigenvalue weighted by Crippen LogP contribution is 2.40. The monoisotopic (exact) mass is 706 g/mol. The highest BCUT2D eigenvalue weighted by molar-refractivity contribution is 6.74. The summed E-state index contributed by atoms with van der Waals surface area (Å²) in [6.07, 6.45) is 0.596. The number of fused-ring (bicyclic) bond motifs is 1. The van der Waals surface area contributed by atoms with E-state index in [1.54, 1.807) is 0 Å². The van der Waals surface area contributed by atoms with Gasteiger partial charge in [-0.15, -0.1) is 0 Å². The van der Waals surface area contributed by atoms with E-state index in [1.165, 1.54) is 5.56 Å². The van der Waals surface area contributed by atoms with Crippen LogP contribution in [0.4, 0.5) is 0 Å². The van der Waals surface area contributed by atoms with Gasteiger partial charge in [0.1, 0.15) is 18.1 Å². The minimum Gasteiger partial charge on any atom is -0.489 e. The van der Waals surface area contributed by atoms with Gasteiger partial charge in [-0.1, -0.05) is 93.6 Å². The average Bonchev–Trinajstić information content (AvgIpc) is 3.46. The molecule has 0 saturated carbocycles. The molecule has 7 nitrogen and oxygen atoms in total. The summed E-state index contributed by atoms with van der Waals surface area (Å²) in [5, 5.41) is 15.1. The molecule has 0 aliphatic rings. The lowest BCUT2D eigenvalue weighted by Gasteiger charge is -2.40. The van der Waals surface area contributed by atoms with E-state index in [-0.39, 0.29) is 29.8 Å². The Labute approximate surface area is 304 Å². The van der Waals surface area contributed by atoms with Crippen molar-refractivity contribution in [1.82, 2.24) is 9.88 Å². The number of carbonyl (C=O) groups excluding carboxylic acids is 1. The third-order valence-electron chi connectivity index (χ3n) is 9.93. The smallest absolute Gasteiger partial charge is 0.354 e. The predicted octanol–water partition coefficient (Wildman–Crippen LogP) is 9.22. The fourth-order valence-corrected chi connectivity index (χ4v) is 7.34. The summed E-state index contributed by atoms with van der Waals surface area (Å²) in [5.41, 5.74) is 6.70. The number of benzene rings is 4. The van der Waals surface area contributed by atoms with E-state index in [4.69, 9.17) is 13.9 Å². The highest BCUT2D eigenvalue weighted by atomic mass is 28.4. The van der Waals surface area contributed by atoms with Gasteiger partial charge in [-0.2, -0.15) is 0 Å². The maximum atomic E-state index is 13.0. The first-order valence-corrected chi connectivity index (χ1v) is 20.9. The summed E-state index contributed by atoms with van der Waals surface area (Å²) >= 11 is 0. The Kier molecular flexibility index (Phi) is 12.6. The molecule has 4 aromatic carbocycles. The van der Waals surface area contributed by atoms with Crippen LogP contribution >= 0.6 is 0 Å². The molecule has 1 heterocycles. The van der Waals surface area contributed by atoms with Crippen molar-refractivity contribution in [3.8, 4) is 5.75 Å². The first kappa shape index (κ1) is 38.0. The van der Waals surface area contributed by atoms with E-state index in [9.17, 15) is 9.90 Å². The molecule has 0 bridgehead atoms. The maximum Gasteiger partial charge on any atom is 0.354 e. The lowest BCUT2D eigenvalue weighted by Crippen LogP contribution is -2.44. The van der Waals surface area contributed by atoms with Crippen molar-refractivity contribution in [2.45, 2.75) is 91.1 Å². The first-order chi connectivity index (χ1) is 24.4. The molecular weight excluding hydrogens is 653 g/mol. The van der Waals surface area contributed by atoms with Crippen LogP contribution in [0.25, 0.3) is 10.9 Å². The Balaban J connectivity index is 1.33. The van der Waals surface area contributed by atoms with Crippen molar-refractivity contribution in [2.24, 2.45) is 0 Å². The molecule has 0 radical (unpaired) electrons. The zero-order chi connectivity index (χ0) is 36.6. The summed E-state index contributed by atoms with van der Waals surface area (Å²) in [7, 11) is -2.15. The number of hydrogen-bond acceptors (Lipinski definition) is 6.